The number of hydrogen-bond acceptors (Lipinski definition) is 7. The molecule has 1 N–H and O–H groups in total. The molecule has 7 heteroatoms. The smallest absolute Gasteiger partial charge is 0.343 e. The van der Waals surface area contributed by atoms with Crippen LogP contribution in [0.1, 0.15) is 46.5 Å². The molecular weight excluding hydrogens is 374 g/mol. The van der Waals surface area contributed by atoms with Crippen molar-refractivity contribution < 1.29 is 28.8 Å². The van der Waals surface area contributed by atoms with E-state index in [1.54, 1.807) is 14.0 Å². The first-order valence-corrected chi connectivity index (χ1v) is 10.9. The summed E-state index contributed by atoms with van der Waals surface area (Å²) in [6.07, 6.45) is 3.61. The molecule has 5 bridgehead atoms. The molecule has 5 saturated heterocycles. The fourth-order valence-electron chi connectivity index (χ4n) is 7.62. The second kappa shape index (κ2) is 5.56. The minimum atomic E-state index is -0.650. The van der Waals surface area contributed by atoms with Gasteiger partial charge in [-0.1, -0.05) is 6.92 Å². The highest BCUT2D eigenvalue weighted by molar-refractivity contribution is 5.93. The third-order valence-electron chi connectivity index (χ3n) is 8.56. The molecule has 2 unspecified atom stereocenters. The first-order chi connectivity index (χ1) is 13.8. The number of fused-ring (bicyclic) bond motifs is 1. The van der Waals surface area contributed by atoms with Gasteiger partial charge < -0.3 is 24.1 Å². The SMILES string of the molecule is COC1=C(C)C(=O)O/C1=C1/O[C@@]23O[C@H]4C[C@@H]([C@H]2[C@@H]1C)N1CC[C@H]3[C@@]41CCC(C)O. The van der Waals surface area contributed by atoms with Crippen LogP contribution in [-0.4, -0.2) is 59.2 Å². The maximum atomic E-state index is 12.2. The van der Waals surface area contributed by atoms with Crippen LogP contribution in [0.2, 0.25) is 0 Å². The van der Waals surface area contributed by atoms with E-state index in [4.69, 9.17) is 18.9 Å². The molecule has 5 fully saturated rings. The van der Waals surface area contributed by atoms with Crippen molar-refractivity contribution in [2.75, 3.05) is 13.7 Å². The Kier molecular flexibility index (Phi) is 3.49. The van der Waals surface area contributed by atoms with Gasteiger partial charge in [-0.25, -0.2) is 4.79 Å². The topological polar surface area (TPSA) is 77.5 Å². The average molecular weight is 403 g/mol. The summed E-state index contributed by atoms with van der Waals surface area (Å²) in [4.78, 5) is 14.9. The average Bonchev–Trinajstić information content (AvgIpc) is 3.38. The van der Waals surface area contributed by atoms with Crippen molar-refractivity contribution in [3.05, 3.63) is 22.9 Å². The predicted octanol–water partition coefficient (Wildman–Crippen LogP) is 2.06. The van der Waals surface area contributed by atoms with Gasteiger partial charge in [-0.15, -0.1) is 0 Å². The van der Waals surface area contributed by atoms with Crippen LogP contribution < -0.4 is 0 Å². The number of carbonyl (C=O) groups is 1. The highest BCUT2D eigenvalue weighted by atomic mass is 16.7. The highest BCUT2D eigenvalue weighted by Crippen LogP contribution is 2.73. The van der Waals surface area contributed by atoms with Crippen LogP contribution in [0.25, 0.3) is 0 Å². The first kappa shape index (κ1) is 18.2. The van der Waals surface area contributed by atoms with E-state index in [1.165, 1.54) is 0 Å². The number of allylic oxidation sites excluding steroid dienone is 1. The van der Waals surface area contributed by atoms with Crippen LogP contribution in [0.3, 0.4) is 0 Å². The first-order valence-electron chi connectivity index (χ1n) is 10.9. The fraction of sp³-hybridized carbons (Fsp3) is 0.773. The lowest BCUT2D eigenvalue weighted by atomic mass is 9.69. The fourth-order valence-corrected chi connectivity index (χ4v) is 7.62. The molecule has 0 saturated carbocycles. The Morgan fingerprint density at radius 1 is 1.41 bits per heavy atom. The number of aliphatic hydroxyl groups is 1. The molecule has 0 radical (unpaired) electrons. The van der Waals surface area contributed by atoms with E-state index in [-0.39, 0.29) is 41.5 Å². The van der Waals surface area contributed by atoms with E-state index >= 15 is 0 Å². The van der Waals surface area contributed by atoms with Crippen molar-refractivity contribution in [1.82, 2.24) is 4.90 Å². The maximum absolute atomic E-state index is 12.2. The number of ether oxygens (including phenoxy) is 4. The Bertz CT molecular complexity index is 863. The normalized spacial score (nSPS) is 52.2. The van der Waals surface area contributed by atoms with E-state index in [0.29, 0.717) is 28.9 Å². The Hall–Kier alpha value is -1.57. The summed E-state index contributed by atoms with van der Waals surface area (Å²) >= 11 is 0. The number of carbonyl (C=O) groups excluding carboxylic acids is 1. The molecule has 6 aliphatic rings. The maximum Gasteiger partial charge on any atom is 0.343 e. The van der Waals surface area contributed by atoms with Gasteiger partial charge in [0.05, 0.1) is 36.3 Å². The molecule has 0 aliphatic carbocycles. The third kappa shape index (κ3) is 1.89. The molecule has 0 amide bonds. The molecule has 0 aromatic carbocycles. The summed E-state index contributed by atoms with van der Waals surface area (Å²) in [7, 11) is 1.56. The minimum Gasteiger partial charge on any atom is -0.492 e. The lowest BCUT2D eigenvalue weighted by Gasteiger charge is -2.48. The van der Waals surface area contributed by atoms with Crippen LogP contribution in [0.5, 0.6) is 0 Å². The van der Waals surface area contributed by atoms with Gasteiger partial charge >= 0.3 is 5.97 Å². The van der Waals surface area contributed by atoms with Crippen molar-refractivity contribution in [1.29, 1.82) is 0 Å². The van der Waals surface area contributed by atoms with Crippen LogP contribution >= 0.6 is 0 Å². The van der Waals surface area contributed by atoms with Gasteiger partial charge in [-0.2, -0.15) is 0 Å². The summed E-state index contributed by atoms with van der Waals surface area (Å²) in [5.41, 5.74) is 0.451. The highest BCUT2D eigenvalue weighted by Gasteiger charge is 2.84. The van der Waals surface area contributed by atoms with Crippen molar-refractivity contribution in [2.24, 2.45) is 17.8 Å². The second-order valence-corrected chi connectivity index (χ2v) is 9.70. The molecule has 0 aromatic heterocycles. The second-order valence-electron chi connectivity index (χ2n) is 9.70. The summed E-state index contributed by atoms with van der Waals surface area (Å²) < 4.78 is 24.5. The quantitative estimate of drug-likeness (QED) is 0.720. The Labute approximate surface area is 170 Å². The van der Waals surface area contributed by atoms with Gasteiger partial charge in [0.15, 0.2) is 5.76 Å². The number of nitrogens with zero attached hydrogens (tertiary/aromatic N) is 1. The zero-order valence-electron chi connectivity index (χ0n) is 17.4. The third-order valence-corrected chi connectivity index (χ3v) is 8.56. The summed E-state index contributed by atoms with van der Waals surface area (Å²) in [5.74, 6) is 1.15. The van der Waals surface area contributed by atoms with Gasteiger partial charge in [0.25, 0.3) is 0 Å². The molecule has 0 aromatic rings. The van der Waals surface area contributed by atoms with Gasteiger partial charge in [0.1, 0.15) is 5.76 Å². The van der Waals surface area contributed by atoms with Crippen LogP contribution in [-0.2, 0) is 23.7 Å². The van der Waals surface area contributed by atoms with Crippen LogP contribution in [0, 0.1) is 17.8 Å². The van der Waals surface area contributed by atoms with Crippen molar-refractivity contribution in [2.45, 2.75) is 76.0 Å². The van der Waals surface area contributed by atoms with E-state index in [9.17, 15) is 9.90 Å². The molecule has 9 atom stereocenters. The van der Waals surface area contributed by atoms with Gasteiger partial charge in [0.2, 0.25) is 11.5 Å². The number of hydrogen-bond donors (Lipinski definition) is 1. The zero-order valence-corrected chi connectivity index (χ0v) is 17.4. The van der Waals surface area contributed by atoms with Gasteiger partial charge in [-0.05, 0) is 46.1 Å². The molecule has 29 heavy (non-hydrogen) atoms. The largest absolute Gasteiger partial charge is 0.492 e. The Balaban J connectivity index is 1.44. The summed E-state index contributed by atoms with van der Waals surface area (Å²) in [6.45, 7) is 6.82. The summed E-state index contributed by atoms with van der Waals surface area (Å²) in [6, 6.07) is 0.405. The molecule has 6 aliphatic heterocycles. The number of methoxy groups -OCH3 is 1. The number of aliphatic hydroxyl groups excluding tert-OH is 1. The van der Waals surface area contributed by atoms with E-state index < -0.39 is 5.79 Å². The van der Waals surface area contributed by atoms with Crippen LogP contribution in [0.4, 0.5) is 0 Å². The van der Waals surface area contributed by atoms with Crippen molar-refractivity contribution in [3.63, 3.8) is 0 Å². The minimum absolute atomic E-state index is 0.0276. The molecule has 6 heterocycles. The predicted molar refractivity (Wildman–Crippen MR) is 101 cm³/mol. The van der Waals surface area contributed by atoms with Crippen LogP contribution in [0.15, 0.2) is 22.9 Å². The number of esters is 1. The summed E-state index contributed by atoms with van der Waals surface area (Å²) in [5, 5.41) is 9.95. The van der Waals surface area contributed by atoms with E-state index in [1.807, 2.05) is 6.92 Å². The molecule has 1 spiro atoms. The molecule has 6 rings (SSSR count). The monoisotopic (exact) mass is 403 g/mol. The Morgan fingerprint density at radius 2 is 2.21 bits per heavy atom. The number of piperidine rings is 1. The molecular formula is C22H29NO6. The van der Waals surface area contributed by atoms with E-state index in [2.05, 4.69) is 11.8 Å². The van der Waals surface area contributed by atoms with E-state index in [0.717, 1.165) is 32.2 Å². The van der Waals surface area contributed by atoms with Gasteiger partial charge in [-0.3, -0.25) is 4.90 Å². The van der Waals surface area contributed by atoms with Gasteiger partial charge in [0, 0.05) is 17.9 Å². The molecule has 158 valence electrons. The molecule has 7 nitrogen and oxygen atoms in total. The Morgan fingerprint density at radius 3 is 2.93 bits per heavy atom. The van der Waals surface area contributed by atoms with Crippen molar-refractivity contribution in [3.8, 4) is 0 Å². The standard InChI is InChI=1S/C22H29NO6/c1-10(24)5-7-21-14-6-8-23(21)13-9-15(21)28-22(14)16(13)11(2)18(29-22)19-17(26-4)12(3)20(25)27-19/h10-11,13-16,24H,5-9H2,1-4H3/b19-18+/t10?,11-,13-,14-,15-,16+,21-,22+/m0/s1. The van der Waals surface area contributed by atoms with Crippen molar-refractivity contribution >= 4 is 5.97 Å². The lowest BCUT2D eigenvalue weighted by Crippen LogP contribution is -2.61. The number of rotatable bonds is 4. The zero-order chi connectivity index (χ0) is 20.3. The lowest BCUT2D eigenvalue weighted by molar-refractivity contribution is -0.256. The number of cyclic esters (lactones) is 1.